The zero-order chi connectivity index (χ0) is 24.4. The highest BCUT2D eigenvalue weighted by Crippen LogP contribution is 2.55. The van der Waals surface area contributed by atoms with Gasteiger partial charge in [0.25, 0.3) is 0 Å². The first-order valence-electron chi connectivity index (χ1n) is 13.0. The molecule has 0 saturated heterocycles. The Labute approximate surface area is 212 Å². The van der Waals surface area contributed by atoms with Crippen molar-refractivity contribution in [1.29, 1.82) is 0 Å². The Bertz CT molecular complexity index is 1790. The zero-order valence-electron chi connectivity index (χ0n) is 21.2. The van der Waals surface area contributed by atoms with E-state index in [0.29, 0.717) is 0 Å². The lowest BCUT2D eigenvalue weighted by Gasteiger charge is -2.24. The number of hydrogen-bond donors (Lipinski definition) is 0. The summed E-state index contributed by atoms with van der Waals surface area (Å²) in [4.78, 5) is 0. The molecule has 0 aromatic heterocycles. The number of benzene rings is 6. The maximum absolute atomic E-state index is 2.48. The molecule has 0 atom stereocenters. The van der Waals surface area contributed by atoms with Gasteiger partial charge < -0.3 is 0 Å². The molecule has 36 heavy (non-hydrogen) atoms. The van der Waals surface area contributed by atoms with E-state index in [1.54, 1.807) is 0 Å². The maximum Gasteiger partial charge on any atom is 0.0165 e. The first kappa shape index (κ1) is 20.3. The lowest BCUT2D eigenvalue weighted by atomic mass is 9.78. The van der Waals surface area contributed by atoms with Crippen LogP contribution in [-0.2, 0) is 10.8 Å². The van der Waals surface area contributed by atoms with Gasteiger partial charge in [-0.3, -0.25) is 0 Å². The Hall–Kier alpha value is -3.90. The van der Waals surface area contributed by atoms with Crippen LogP contribution in [0.25, 0.3) is 54.6 Å². The second-order valence-corrected chi connectivity index (χ2v) is 11.8. The largest absolute Gasteiger partial charge is 0.0616 e. The van der Waals surface area contributed by atoms with E-state index in [4.69, 9.17) is 0 Å². The molecule has 0 N–H and O–H groups in total. The third kappa shape index (κ3) is 2.35. The van der Waals surface area contributed by atoms with Crippen LogP contribution >= 0.6 is 0 Å². The maximum atomic E-state index is 2.48. The van der Waals surface area contributed by atoms with E-state index in [2.05, 4.69) is 125 Å². The number of rotatable bonds is 0. The fourth-order valence-corrected chi connectivity index (χ4v) is 7.44. The van der Waals surface area contributed by atoms with Crippen LogP contribution in [0.2, 0.25) is 0 Å². The molecule has 0 aliphatic heterocycles. The van der Waals surface area contributed by atoms with E-state index in [9.17, 15) is 0 Å². The van der Waals surface area contributed by atoms with Gasteiger partial charge >= 0.3 is 0 Å². The van der Waals surface area contributed by atoms with Crippen LogP contribution in [0.3, 0.4) is 0 Å². The van der Waals surface area contributed by atoms with Gasteiger partial charge in [0, 0.05) is 10.8 Å². The van der Waals surface area contributed by atoms with Gasteiger partial charge in [-0.05, 0) is 101 Å². The van der Waals surface area contributed by atoms with Crippen molar-refractivity contribution in [3.8, 4) is 22.3 Å². The van der Waals surface area contributed by atoms with Crippen molar-refractivity contribution in [3.05, 3.63) is 119 Å². The molecule has 172 valence electrons. The Morgan fingerprint density at radius 3 is 1.25 bits per heavy atom. The normalized spacial score (nSPS) is 16.2. The van der Waals surface area contributed by atoms with Crippen LogP contribution in [0, 0.1) is 0 Å². The van der Waals surface area contributed by atoms with Gasteiger partial charge in [-0.1, -0.05) is 100 Å². The second-order valence-electron chi connectivity index (χ2n) is 11.8. The molecule has 8 rings (SSSR count). The summed E-state index contributed by atoms with van der Waals surface area (Å²) in [6.07, 6.45) is 0. The van der Waals surface area contributed by atoms with E-state index in [1.165, 1.54) is 76.8 Å². The molecule has 0 saturated carbocycles. The van der Waals surface area contributed by atoms with Crippen LogP contribution in [0.4, 0.5) is 0 Å². The van der Waals surface area contributed by atoms with Crippen molar-refractivity contribution in [2.24, 2.45) is 0 Å². The SMILES string of the molecule is CC1(C)c2cc3cc4c(cc3cc2-c2ccc3ccccc3c21)C(C)(C)c1c-4ccc2ccccc12. The van der Waals surface area contributed by atoms with E-state index in [1.807, 2.05) is 0 Å². The van der Waals surface area contributed by atoms with Gasteiger partial charge in [-0.25, -0.2) is 0 Å². The highest BCUT2D eigenvalue weighted by atomic mass is 14.4. The summed E-state index contributed by atoms with van der Waals surface area (Å²) in [7, 11) is 0. The minimum atomic E-state index is -0.0356. The molecule has 0 heterocycles. The zero-order valence-corrected chi connectivity index (χ0v) is 21.2. The smallest absolute Gasteiger partial charge is 0.0165 e. The number of fused-ring (bicyclic) bond motifs is 11. The van der Waals surface area contributed by atoms with Gasteiger partial charge in [-0.15, -0.1) is 0 Å². The van der Waals surface area contributed by atoms with Gasteiger partial charge in [0.2, 0.25) is 0 Å². The van der Waals surface area contributed by atoms with Crippen molar-refractivity contribution in [2.45, 2.75) is 38.5 Å². The van der Waals surface area contributed by atoms with Crippen molar-refractivity contribution < 1.29 is 0 Å². The predicted octanol–water partition coefficient (Wildman–Crippen LogP) is 9.76. The second kappa shape index (κ2) is 6.45. The average molecular weight is 461 g/mol. The standard InChI is InChI=1S/C36H28/c1-35(2)31-19-23-18-30-28-16-14-22-10-6-8-12-26(22)34(28)36(3,4)32(30)20-24(23)17-29(31)27-15-13-21-9-5-7-11-25(21)33(27)35/h5-20H,1-4H3. The van der Waals surface area contributed by atoms with E-state index in [-0.39, 0.29) is 10.8 Å². The minimum absolute atomic E-state index is 0.0356. The van der Waals surface area contributed by atoms with Crippen LogP contribution < -0.4 is 0 Å². The first-order chi connectivity index (χ1) is 17.4. The molecule has 2 aliphatic carbocycles. The molecule has 6 aromatic carbocycles. The molecule has 2 aliphatic rings. The third-order valence-corrected chi connectivity index (χ3v) is 9.15. The van der Waals surface area contributed by atoms with E-state index >= 15 is 0 Å². The third-order valence-electron chi connectivity index (χ3n) is 9.15. The van der Waals surface area contributed by atoms with Crippen molar-refractivity contribution >= 4 is 32.3 Å². The molecule has 0 amide bonds. The van der Waals surface area contributed by atoms with Crippen LogP contribution in [0.5, 0.6) is 0 Å². The topological polar surface area (TPSA) is 0 Å². The monoisotopic (exact) mass is 460 g/mol. The van der Waals surface area contributed by atoms with Crippen LogP contribution in [-0.4, -0.2) is 0 Å². The summed E-state index contributed by atoms with van der Waals surface area (Å²) in [5.41, 5.74) is 11.3. The van der Waals surface area contributed by atoms with E-state index in [0.717, 1.165) is 0 Å². The van der Waals surface area contributed by atoms with Gasteiger partial charge in [-0.2, -0.15) is 0 Å². The van der Waals surface area contributed by atoms with Crippen molar-refractivity contribution in [2.75, 3.05) is 0 Å². The van der Waals surface area contributed by atoms with Gasteiger partial charge in [0.15, 0.2) is 0 Å². The Morgan fingerprint density at radius 2 is 0.806 bits per heavy atom. The minimum Gasteiger partial charge on any atom is -0.0616 e. The van der Waals surface area contributed by atoms with Crippen LogP contribution in [0.15, 0.2) is 97.1 Å². The molecule has 0 unspecified atom stereocenters. The fraction of sp³-hybridized carbons (Fsp3) is 0.167. The quantitative estimate of drug-likeness (QED) is 0.212. The Balaban J connectivity index is 1.42. The highest BCUT2D eigenvalue weighted by molar-refractivity contribution is 6.04. The van der Waals surface area contributed by atoms with E-state index < -0.39 is 0 Å². The molecular formula is C36H28. The molecule has 0 bridgehead atoms. The Kier molecular flexibility index (Phi) is 3.64. The van der Waals surface area contributed by atoms with Crippen molar-refractivity contribution in [3.63, 3.8) is 0 Å². The summed E-state index contributed by atoms with van der Waals surface area (Å²) in [5.74, 6) is 0. The summed E-state index contributed by atoms with van der Waals surface area (Å²) in [5, 5.41) is 8.09. The summed E-state index contributed by atoms with van der Waals surface area (Å²) >= 11 is 0. The molecule has 6 aromatic rings. The fourth-order valence-electron chi connectivity index (χ4n) is 7.44. The highest BCUT2D eigenvalue weighted by Gasteiger charge is 2.39. The van der Waals surface area contributed by atoms with Crippen molar-refractivity contribution in [1.82, 2.24) is 0 Å². The molecule has 0 nitrogen and oxygen atoms in total. The summed E-state index contributed by atoms with van der Waals surface area (Å²) < 4.78 is 0. The molecule has 0 heteroatoms. The summed E-state index contributed by atoms with van der Waals surface area (Å²) in [6.45, 7) is 9.59. The average Bonchev–Trinajstić information content (AvgIpc) is 3.25. The lowest BCUT2D eigenvalue weighted by molar-refractivity contribution is 0.665. The number of hydrogen-bond acceptors (Lipinski definition) is 0. The van der Waals surface area contributed by atoms with Crippen LogP contribution in [0.1, 0.15) is 49.9 Å². The molecule has 0 spiro atoms. The summed E-state index contributed by atoms with van der Waals surface area (Å²) in [6, 6.07) is 36.8. The lowest BCUT2D eigenvalue weighted by Crippen LogP contribution is -2.16. The Morgan fingerprint density at radius 1 is 0.389 bits per heavy atom. The van der Waals surface area contributed by atoms with Gasteiger partial charge in [0.05, 0.1) is 0 Å². The van der Waals surface area contributed by atoms with Gasteiger partial charge in [0.1, 0.15) is 0 Å². The molecule has 0 radical (unpaired) electrons. The predicted molar refractivity (Wildman–Crippen MR) is 154 cm³/mol. The molecule has 0 fully saturated rings. The molecular weight excluding hydrogens is 432 g/mol. The first-order valence-corrected chi connectivity index (χ1v) is 13.0.